The Labute approximate surface area is 73.0 Å². The number of nitrogen functional groups attached to an aromatic ring is 1. The molecule has 2 N–H and O–H groups in total. The van der Waals surface area contributed by atoms with Gasteiger partial charge >= 0.3 is 0 Å². The maximum Gasteiger partial charge on any atom is 0.149 e. The molecule has 1 heterocycles. The first-order valence-electron chi connectivity index (χ1n) is 4.18. The van der Waals surface area contributed by atoms with E-state index in [4.69, 9.17) is 5.73 Å². The van der Waals surface area contributed by atoms with Crippen molar-refractivity contribution in [3.05, 3.63) is 17.3 Å². The highest BCUT2D eigenvalue weighted by Gasteiger charge is 2.02. The highest BCUT2D eigenvalue weighted by Crippen LogP contribution is 2.09. The first-order valence-corrected chi connectivity index (χ1v) is 4.18. The lowest BCUT2D eigenvalue weighted by Crippen LogP contribution is -2.03. The molecule has 1 aromatic rings. The van der Waals surface area contributed by atoms with Gasteiger partial charge in [0, 0.05) is 0 Å². The zero-order valence-electron chi connectivity index (χ0n) is 7.83. The van der Waals surface area contributed by atoms with Crippen LogP contribution in [0.5, 0.6) is 0 Å². The maximum absolute atomic E-state index is 5.55. The molecule has 66 valence electrons. The van der Waals surface area contributed by atoms with E-state index >= 15 is 0 Å². The quantitative estimate of drug-likeness (QED) is 0.723. The Morgan fingerprint density at radius 1 is 1.42 bits per heavy atom. The average molecular weight is 165 g/mol. The summed E-state index contributed by atoms with van der Waals surface area (Å²) in [5.41, 5.74) is 7.59. The number of nitrogens with two attached hydrogens (primary N) is 1. The lowest BCUT2D eigenvalue weighted by atomic mass is 10.1. The summed E-state index contributed by atoms with van der Waals surface area (Å²) < 4.78 is 0. The van der Waals surface area contributed by atoms with Gasteiger partial charge in [-0.05, 0) is 30.9 Å². The highest BCUT2D eigenvalue weighted by molar-refractivity contribution is 5.36. The van der Waals surface area contributed by atoms with E-state index in [1.54, 1.807) is 0 Å². The molecule has 0 atom stereocenters. The molecule has 1 aromatic heterocycles. The summed E-state index contributed by atoms with van der Waals surface area (Å²) in [5, 5.41) is 7.86. The van der Waals surface area contributed by atoms with Gasteiger partial charge in [0.05, 0.1) is 5.69 Å². The van der Waals surface area contributed by atoms with Crippen LogP contribution >= 0.6 is 0 Å². The number of hydrogen-bond donors (Lipinski definition) is 1. The molecule has 12 heavy (non-hydrogen) atoms. The van der Waals surface area contributed by atoms with Crippen LogP contribution in [0.25, 0.3) is 0 Å². The van der Waals surface area contributed by atoms with Crippen molar-refractivity contribution >= 4 is 5.82 Å². The summed E-state index contributed by atoms with van der Waals surface area (Å²) in [4.78, 5) is 0. The van der Waals surface area contributed by atoms with E-state index in [0.717, 1.165) is 17.7 Å². The van der Waals surface area contributed by atoms with Crippen molar-refractivity contribution in [3.63, 3.8) is 0 Å². The third kappa shape index (κ3) is 2.19. The summed E-state index contributed by atoms with van der Waals surface area (Å²) >= 11 is 0. The first-order chi connectivity index (χ1) is 5.59. The molecule has 0 bridgehead atoms. The molecule has 0 amide bonds. The number of aryl methyl sites for hydroxylation is 1. The molecular formula is C9H15N3. The van der Waals surface area contributed by atoms with Gasteiger partial charge in [0.2, 0.25) is 0 Å². The Hall–Kier alpha value is -1.12. The Morgan fingerprint density at radius 2 is 2.08 bits per heavy atom. The zero-order chi connectivity index (χ0) is 9.14. The van der Waals surface area contributed by atoms with Gasteiger partial charge in [-0.2, -0.15) is 5.10 Å². The highest BCUT2D eigenvalue weighted by atomic mass is 15.1. The van der Waals surface area contributed by atoms with Crippen molar-refractivity contribution in [1.29, 1.82) is 0 Å². The fourth-order valence-electron chi connectivity index (χ4n) is 1.07. The van der Waals surface area contributed by atoms with Crippen molar-refractivity contribution in [2.24, 2.45) is 5.92 Å². The zero-order valence-corrected chi connectivity index (χ0v) is 7.83. The van der Waals surface area contributed by atoms with Crippen LogP contribution in [0.3, 0.4) is 0 Å². The monoisotopic (exact) mass is 165 g/mol. The van der Waals surface area contributed by atoms with Crippen molar-refractivity contribution in [1.82, 2.24) is 10.2 Å². The second kappa shape index (κ2) is 3.52. The minimum atomic E-state index is 0.530. The third-order valence-corrected chi connectivity index (χ3v) is 1.69. The molecule has 3 heteroatoms. The third-order valence-electron chi connectivity index (χ3n) is 1.69. The normalized spacial score (nSPS) is 10.7. The van der Waals surface area contributed by atoms with E-state index in [2.05, 4.69) is 24.0 Å². The van der Waals surface area contributed by atoms with Gasteiger partial charge in [-0.3, -0.25) is 0 Å². The average Bonchev–Trinajstić information content (AvgIpc) is 1.96. The minimum absolute atomic E-state index is 0.530. The number of rotatable bonds is 2. The predicted octanol–water partition coefficient (Wildman–Crippen LogP) is 1.57. The van der Waals surface area contributed by atoms with Crippen molar-refractivity contribution in [2.45, 2.75) is 27.2 Å². The van der Waals surface area contributed by atoms with Crippen molar-refractivity contribution in [2.75, 3.05) is 5.73 Å². The van der Waals surface area contributed by atoms with Crippen LogP contribution < -0.4 is 5.73 Å². The SMILES string of the molecule is Cc1cc(CC(C)C)nnc1N. The molecule has 0 spiro atoms. The molecule has 1 rings (SSSR count). The van der Waals surface area contributed by atoms with Crippen molar-refractivity contribution < 1.29 is 0 Å². The smallest absolute Gasteiger partial charge is 0.149 e. The van der Waals surface area contributed by atoms with Gasteiger partial charge in [0.25, 0.3) is 0 Å². The van der Waals surface area contributed by atoms with Gasteiger partial charge in [-0.1, -0.05) is 13.8 Å². The van der Waals surface area contributed by atoms with Crippen LogP contribution in [0, 0.1) is 12.8 Å². The molecule has 0 radical (unpaired) electrons. The topological polar surface area (TPSA) is 51.8 Å². The van der Waals surface area contributed by atoms with E-state index in [-0.39, 0.29) is 0 Å². The molecule has 0 fully saturated rings. The Morgan fingerprint density at radius 3 is 2.58 bits per heavy atom. The van der Waals surface area contributed by atoms with Crippen LogP contribution in [0.4, 0.5) is 5.82 Å². The summed E-state index contributed by atoms with van der Waals surface area (Å²) in [5.74, 6) is 1.14. The first kappa shape index (κ1) is 8.97. The predicted molar refractivity (Wildman–Crippen MR) is 49.7 cm³/mol. The Bertz CT molecular complexity index is 268. The molecule has 0 aromatic carbocycles. The van der Waals surface area contributed by atoms with Gasteiger partial charge in [0.15, 0.2) is 0 Å². The lowest BCUT2D eigenvalue weighted by molar-refractivity contribution is 0.628. The second-order valence-electron chi connectivity index (χ2n) is 3.50. The van der Waals surface area contributed by atoms with E-state index in [1.807, 2.05) is 13.0 Å². The van der Waals surface area contributed by atoms with E-state index in [9.17, 15) is 0 Å². The van der Waals surface area contributed by atoms with Crippen molar-refractivity contribution in [3.8, 4) is 0 Å². The van der Waals surface area contributed by atoms with E-state index < -0.39 is 0 Å². The largest absolute Gasteiger partial charge is 0.382 e. The maximum atomic E-state index is 5.55. The lowest BCUT2D eigenvalue weighted by Gasteiger charge is -2.04. The number of anilines is 1. The standard InChI is InChI=1S/C9H15N3/c1-6(2)4-8-5-7(3)9(10)12-11-8/h5-6H,4H2,1-3H3,(H2,10,12). The molecular weight excluding hydrogens is 150 g/mol. The van der Waals surface area contributed by atoms with Crippen LogP contribution in [-0.2, 0) is 6.42 Å². The van der Waals surface area contributed by atoms with Crippen LogP contribution in [0.2, 0.25) is 0 Å². The fourth-order valence-corrected chi connectivity index (χ4v) is 1.07. The molecule has 0 unspecified atom stereocenters. The molecule has 0 saturated carbocycles. The molecule has 3 nitrogen and oxygen atoms in total. The van der Waals surface area contributed by atoms with Crippen LogP contribution in [0.15, 0.2) is 6.07 Å². The fraction of sp³-hybridized carbons (Fsp3) is 0.556. The van der Waals surface area contributed by atoms with E-state index in [1.165, 1.54) is 0 Å². The number of nitrogens with zero attached hydrogens (tertiary/aromatic N) is 2. The minimum Gasteiger partial charge on any atom is -0.382 e. The molecule has 0 aliphatic heterocycles. The number of hydrogen-bond acceptors (Lipinski definition) is 3. The van der Waals surface area contributed by atoms with Gasteiger partial charge < -0.3 is 5.73 Å². The molecule has 0 saturated heterocycles. The molecule has 0 aliphatic carbocycles. The summed E-state index contributed by atoms with van der Waals surface area (Å²) in [7, 11) is 0. The van der Waals surface area contributed by atoms with Gasteiger partial charge in [-0.25, -0.2) is 0 Å². The van der Waals surface area contributed by atoms with Gasteiger partial charge in [-0.15, -0.1) is 5.10 Å². The number of aromatic nitrogens is 2. The van der Waals surface area contributed by atoms with Crippen LogP contribution in [-0.4, -0.2) is 10.2 Å². The Kier molecular flexibility index (Phi) is 2.63. The second-order valence-corrected chi connectivity index (χ2v) is 3.50. The van der Waals surface area contributed by atoms with E-state index in [0.29, 0.717) is 11.7 Å². The summed E-state index contributed by atoms with van der Waals surface area (Å²) in [6.45, 7) is 6.27. The van der Waals surface area contributed by atoms with Crippen LogP contribution in [0.1, 0.15) is 25.1 Å². The molecule has 0 aliphatic rings. The summed E-state index contributed by atoms with van der Waals surface area (Å²) in [6.07, 6.45) is 0.966. The summed E-state index contributed by atoms with van der Waals surface area (Å²) in [6, 6.07) is 2.00. The Balaban J connectivity index is 2.82. The van der Waals surface area contributed by atoms with Gasteiger partial charge in [0.1, 0.15) is 5.82 Å².